The zero-order chi connectivity index (χ0) is 75.0. The number of nitrogens with two attached hydrogens (primary N) is 1. The second kappa shape index (κ2) is 31.6. The fraction of sp³-hybridized carbons (Fsp3) is 0.477. The molecule has 17 N–H and O–H groups in total. The van der Waals surface area contributed by atoms with Gasteiger partial charge in [0.2, 0.25) is 29.5 Å². The van der Waals surface area contributed by atoms with Crippen LogP contribution < -0.4 is 58.9 Å². The molecule has 5 aliphatic rings. The minimum Gasteiger partial charge on any atom is -0.455 e. The normalized spacial score (nSPS) is 29.2. The van der Waals surface area contributed by atoms with E-state index in [9.17, 15) is 63.9 Å². The van der Waals surface area contributed by atoms with Crippen molar-refractivity contribution in [3.05, 3.63) is 123 Å². The van der Waals surface area contributed by atoms with E-state index < -0.39 is 167 Å². The molecule has 5 aromatic rings. The lowest BCUT2D eigenvalue weighted by Gasteiger charge is -2.46. The van der Waals surface area contributed by atoms with Gasteiger partial charge in [0.25, 0.3) is 17.7 Å². The zero-order valence-electron chi connectivity index (χ0n) is 57.2. The average Bonchev–Trinajstić information content (AvgIpc) is 1.71. The first-order valence-electron chi connectivity index (χ1n) is 32.7. The highest BCUT2D eigenvalue weighted by molar-refractivity contribution is 8.14. The van der Waals surface area contributed by atoms with Crippen LogP contribution in [-0.2, 0) is 39.0 Å². The highest BCUT2D eigenvalue weighted by atomic mass is 32.2. The van der Waals surface area contributed by atoms with E-state index in [1.807, 2.05) is 0 Å². The fourth-order valence-corrected chi connectivity index (χ4v) is 17.2. The molecule has 13 bridgehead atoms. The second-order valence-electron chi connectivity index (χ2n) is 26.0. The van der Waals surface area contributed by atoms with Crippen molar-refractivity contribution in [1.82, 2.24) is 78.1 Å². The van der Waals surface area contributed by atoms with Crippen LogP contribution in [0.4, 0.5) is 0 Å². The summed E-state index contributed by atoms with van der Waals surface area (Å²) in [7, 11) is 0. The molecule has 9 heterocycles. The maximum absolute atomic E-state index is 15.2. The summed E-state index contributed by atoms with van der Waals surface area (Å²) >= 11 is 11.3. The number of cyclic esters (lactones) is 1. The SMILES string of the molecule is C=C1NC(=O)C(C)NC(=O)C(C(C)C)NC2C=Cc3c(C(C)O)cc(nc3C2O)C(=O)OC(C)C2NC(=S)c3csc(n3)C(C(C)(O)C(C)O)NC(=O)C3CSC(=N3)/C(=C/C)NC(=O)C(C(C)O)NC(=O)c3csc(n3)C3(CCC(c4nc(C(N)=O)cs4)NC3c3csc2n3)NC(=O)C(C)NC1=O. The van der Waals surface area contributed by atoms with Gasteiger partial charge in [-0.3, -0.25) is 54.0 Å². The molecular formula is C65H79N17O15S6. The quantitative estimate of drug-likeness (QED) is 0.0623. The van der Waals surface area contributed by atoms with Gasteiger partial charge in [-0.1, -0.05) is 50.9 Å². The van der Waals surface area contributed by atoms with Gasteiger partial charge in [-0.2, -0.15) is 0 Å². The second-order valence-corrected chi connectivity index (χ2v) is 31.0. The van der Waals surface area contributed by atoms with Crippen LogP contribution in [0, 0.1) is 5.92 Å². The van der Waals surface area contributed by atoms with Crippen LogP contribution in [-0.4, -0.2) is 180 Å². The number of primary amides is 1. The monoisotopic (exact) mass is 1530 g/mol. The molecule has 1 aliphatic carbocycles. The Morgan fingerprint density at radius 2 is 1.48 bits per heavy atom. The highest BCUT2D eigenvalue weighted by Gasteiger charge is 2.52. The van der Waals surface area contributed by atoms with E-state index in [0.29, 0.717) is 5.01 Å². The Balaban J connectivity index is 1.16. The number of carbonyl (C=O) groups is 9. The van der Waals surface area contributed by atoms with Crippen LogP contribution in [0.3, 0.4) is 0 Å². The number of esters is 1. The topological polar surface area (TPSA) is 487 Å². The Kier molecular flexibility index (Phi) is 23.7. The van der Waals surface area contributed by atoms with Gasteiger partial charge in [0.1, 0.15) is 112 Å². The number of piperidine rings is 1. The molecule has 1 saturated heterocycles. The number of thiocarbonyl (C=S) groups is 1. The third-order valence-corrected chi connectivity index (χ3v) is 23.4. The Labute approximate surface area is 615 Å². The van der Waals surface area contributed by atoms with E-state index in [0.717, 1.165) is 57.1 Å². The molecule has 17 atom stereocenters. The molecule has 5 aromatic heterocycles. The number of hydrogen-bond donors (Lipinski definition) is 16. The van der Waals surface area contributed by atoms with E-state index in [4.69, 9.17) is 37.6 Å². The highest BCUT2D eigenvalue weighted by Crippen LogP contribution is 2.48. The number of rotatable bonds is 7. The molecule has 17 unspecified atom stereocenters. The standard InChI is InChI=1S/C65H79N17O15S6/c1-12-33-58-76-39(20-100-58)54(92)81-48(64(11,96)30(10)85)61-77-41(22-102-61)57(98)80-44-29(9)97-62(95)36-17-32(27(7)83)31-13-14-34(46(86)45(31)71-36)70-42(23(2)3)55(93)69-25(5)51(89)67-24(4)50(88)68-26(6)52(90)82-65(63-78-40(21-103-63)53(91)79-43(28(8)84)56(94)73-33)16-15-35(59-75-38(19-99-59)49(66)87)72-47(65)37-18-101-60(44)74-37/h12-14,17-19,21-23,25-30,34-35,39,42-44,46-48,70,72,83-86,96H,4,15-16,20H2,1-3,5-11H3,(H2,66,87)(H,67,89)(H,68,88)(H,69,93)(H,73,94)(H,79,91)(H,80,98)(H,81,92)(H,82,90)/b33-12-. The number of amides is 8. The summed E-state index contributed by atoms with van der Waals surface area (Å²) in [5.41, 5.74) is 1.28. The van der Waals surface area contributed by atoms with E-state index >= 15 is 4.79 Å². The average molecular weight is 1530 g/mol. The number of pyridine rings is 1. The largest absolute Gasteiger partial charge is 0.455 e. The van der Waals surface area contributed by atoms with Crippen molar-refractivity contribution in [3.8, 4) is 0 Å². The summed E-state index contributed by atoms with van der Waals surface area (Å²) in [4.78, 5) is 157. The molecule has 4 aliphatic heterocycles. The van der Waals surface area contributed by atoms with Crippen molar-refractivity contribution >= 4 is 139 Å². The summed E-state index contributed by atoms with van der Waals surface area (Å²) in [6.45, 7) is 18.4. The number of aliphatic hydroxyl groups excluding tert-OH is 4. The van der Waals surface area contributed by atoms with Crippen molar-refractivity contribution in [2.24, 2.45) is 16.6 Å². The van der Waals surface area contributed by atoms with Gasteiger partial charge >= 0.3 is 5.97 Å². The minimum absolute atomic E-state index is 0.0413. The van der Waals surface area contributed by atoms with Crippen molar-refractivity contribution in [2.75, 3.05) is 5.75 Å². The molecule has 103 heavy (non-hydrogen) atoms. The zero-order valence-corrected chi connectivity index (χ0v) is 62.1. The predicted octanol–water partition coefficient (Wildman–Crippen LogP) is 1.50. The summed E-state index contributed by atoms with van der Waals surface area (Å²) in [5.74, 6) is -8.30. The van der Waals surface area contributed by atoms with Gasteiger partial charge in [0.15, 0.2) is 0 Å². The van der Waals surface area contributed by atoms with Crippen molar-refractivity contribution in [3.63, 3.8) is 0 Å². The van der Waals surface area contributed by atoms with Crippen LogP contribution >= 0.6 is 69.3 Å². The first-order valence-corrected chi connectivity index (χ1v) is 37.6. The molecule has 10 rings (SSSR count). The number of nitrogens with one attached hydrogen (secondary N) is 10. The number of fused-ring (bicyclic) bond motifs is 7. The Hall–Kier alpha value is -8.25. The maximum atomic E-state index is 15.2. The molecular weight excluding hydrogens is 1450 g/mol. The number of allylic oxidation sites excluding steroid dienone is 1. The molecule has 0 spiro atoms. The van der Waals surface area contributed by atoms with Crippen LogP contribution in [0.15, 0.2) is 62.7 Å². The smallest absolute Gasteiger partial charge is 0.357 e. The molecule has 38 heteroatoms. The summed E-state index contributed by atoms with van der Waals surface area (Å²) in [6.07, 6.45) is -2.50. The molecule has 0 radical (unpaired) electrons. The first-order chi connectivity index (χ1) is 48.6. The van der Waals surface area contributed by atoms with E-state index in [1.54, 1.807) is 38.3 Å². The van der Waals surface area contributed by atoms with Crippen LogP contribution in [0.25, 0.3) is 6.08 Å². The number of aliphatic imine (C=N–C) groups is 1. The van der Waals surface area contributed by atoms with Crippen LogP contribution in [0.1, 0.15) is 198 Å². The Bertz CT molecular complexity index is 4300. The van der Waals surface area contributed by atoms with Gasteiger partial charge in [-0.15, -0.1) is 57.1 Å². The molecule has 8 amide bonds. The predicted molar refractivity (Wildman–Crippen MR) is 386 cm³/mol. The van der Waals surface area contributed by atoms with Gasteiger partial charge in [0.05, 0.1) is 65.3 Å². The van der Waals surface area contributed by atoms with Crippen LogP contribution in [0.5, 0.6) is 0 Å². The lowest BCUT2D eigenvalue weighted by Crippen LogP contribution is -2.61. The number of thiazole rings is 4. The molecule has 0 aromatic carbocycles. The van der Waals surface area contributed by atoms with Gasteiger partial charge in [-0.05, 0) is 85.8 Å². The fourth-order valence-electron chi connectivity index (χ4n) is 11.9. The Morgan fingerprint density at radius 3 is 2.15 bits per heavy atom. The van der Waals surface area contributed by atoms with Crippen molar-refractivity contribution in [1.29, 1.82) is 0 Å². The number of carbonyl (C=O) groups excluding carboxylic acids is 9. The number of aliphatic hydroxyl groups is 5. The van der Waals surface area contributed by atoms with Gasteiger partial charge < -0.3 is 78.5 Å². The van der Waals surface area contributed by atoms with E-state index in [-0.39, 0.29) is 94.6 Å². The summed E-state index contributed by atoms with van der Waals surface area (Å²) < 4.78 is 6.33. The Morgan fingerprint density at radius 1 is 0.777 bits per heavy atom. The third kappa shape index (κ3) is 16.5. The minimum atomic E-state index is -2.10. The lowest BCUT2D eigenvalue weighted by molar-refractivity contribution is -0.131. The third-order valence-electron chi connectivity index (χ3n) is 18.1. The number of ether oxygens (including phenoxy) is 1. The molecule has 550 valence electrons. The van der Waals surface area contributed by atoms with E-state index in [2.05, 4.69) is 74.7 Å². The van der Waals surface area contributed by atoms with Gasteiger partial charge in [-0.25, -0.2) is 29.7 Å². The number of thioether (sulfide) groups is 1. The van der Waals surface area contributed by atoms with Crippen molar-refractivity contribution in [2.45, 2.75) is 184 Å². The van der Waals surface area contributed by atoms with Crippen LogP contribution in [0.2, 0.25) is 0 Å². The molecule has 0 saturated carbocycles. The lowest BCUT2D eigenvalue weighted by atomic mass is 9.78. The first kappa shape index (κ1) is 77.4. The molecule has 1 fully saturated rings. The summed E-state index contributed by atoms with van der Waals surface area (Å²) in [6, 6.07) is -11.1. The number of hydrogen-bond acceptors (Lipinski definition) is 29. The number of nitrogens with zero attached hydrogens (tertiary/aromatic N) is 6. The number of aromatic nitrogens is 5. The summed E-state index contributed by atoms with van der Waals surface area (Å²) in [5, 5.41) is 93.4. The van der Waals surface area contributed by atoms with Crippen molar-refractivity contribution < 1.29 is 73.4 Å². The maximum Gasteiger partial charge on any atom is 0.357 e. The van der Waals surface area contributed by atoms with E-state index in [1.165, 1.54) is 76.7 Å². The van der Waals surface area contributed by atoms with Gasteiger partial charge in [0, 0.05) is 32.8 Å². The molecule has 32 nitrogen and oxygen atoms in total.